The Bertz CT molecular complexity index is 268. The van der Waals surface area contributed by atoms with Crippen molar-refractivity contribution in [2.75, 3.05) is 7.05 Å². The third-order valence-corrected chi connectivity index (χ3v) is 2.58. The first-order valence-corrected chi connectivity index (χ1v) is 4.86. The molecular formula is C8H10NNaO2P+. The molecule has 1 aromatic carbocycles. The maximum Gasteiger partial charge on any atom is 1.00 e. The minimum atomic E-state index is -2.45. The molecule has 0 spiro atoms. The van der Waals surface area contributed by atoms with Crippen molar-refractivity contribution in [3.8, 4) is 0 Å². The van der Waals surface area contributed by atoms with Gasteiger partial charge in [0.15, 0.2) is 0 Å². The van der Waals surface area contributed by atoms with E-state index in [9.17, 15) is 9.46 Å². The van der Waals surface area contributed by atoms with Crippen LogP contribution in [-0.4, -0.2) is 7.05 Å². The zero-order valence-electron chi connectivity index (χ0n) is 7.73. The monoisotopic (exact) mass is 206 g/mol. The van der Waals surface area contributed by atoms with E-state index < -0.39 is 13.8 Å². The van der Waals surface area contributed by atoms with Crippen LogP contribution in [0.15, 0.2) is 30.3 Å². The van der Waals surface area contributed by atoms with Gasteiger partial charge in [-0.2, -0.15) is 0 Å². The normalized spacial score (nSPS) is 12.9. The van der Waals surface area contributed by atoms with Crippen LogP contribution in [0.5, 0.6) is 0 Å². The predicted molar refractivity (Wildman–Crippen MR) is 45.8 cm³/mol. The average molecular weight is 206 g/mol. The quantitative estimate of drug-likeness (QED) is 0.460. The van der Waals surface area contributed by atoms with Crippen molar-refractivity contribution >= 4 is 8.03 Å². The molecule has 0 radical (unpaired) electrons. The molecule has 0 aliphatic rings. The fourth-order valence-corrected chi connectivity index (χ4v) is 1.66. The van der Waals surface area contributed by atoms with Crippen molar-refractivity contribution in [3.63, 3.8) is 0 Å². The van der Waals surface area contributed by atoms with E-state index in [0.29, 0.717) is 0 Å². The molecule has 2 unspecified atom stereocenters. The Morgan fingerprint density at radius 3 is 2.31 bits per heavy atom. The summed E-state index contributed by atoms with van der Waals surface area (Å²) in [5.41, 5.74) is 0.774. The second kappa shape index (κ2) is 6.66. The van der Waals surface area contributed by atoms with Gasteiger partial charge in [-0.05, 0) is 7.05 Å². The Hall–Kier alpha value is 0.240. The van der Waals surface area contributed by atoms with Crippen molar-refractivity contribution < 1.29 is 39.0 Å². The van der Waals surface area contributed by atoms with E-state index in [-0.39, 0.29) is 29.6 Å². The topological polar surface area (TPSA) is 52.2 Å². The van der Waals surface area contributed by atoms with Crippen LogP contribution < -0.4 is 39.8 Å². The van der Waals surface area contributed by atoms with E-state index in [2.05, 4.69) is 5.32 Å². The minimum absolute atomic E-state index is 0. The van der Waals surface area contributed by atoms with Crippen LogP contribution in [0.4, 0.5) is 0 Å². The van der Waals surface area contributed by atoms with Crippen LogP contribution in [0.25, 0.3) is 0 Å². The van der Waals surface area contributed by atoms with Crippen molar-refractivity contribution in [2.45, 2.75) is 5.78 Å². The molecule has 0 amide bonds. The third-order valence-electron chi connectivity index (χ3n) is 1.60. The Morgan fingerprint density at radius 2 is 1.92 bits per heavy atom. The van der Waals surface area contributed by atoms with E-state index in [1.165, 1.54) is 0 Å². The molecule has 0 fully saturated rings. The smallest absolute Gasteiger partial charge is 0.594 e. The SMILES string of the molecule is CNC(c1ccccc1)[P+](=O)[O-].[Na+]. The first-order chi connectivity index (χ1) is 5.75. The first kappa shape index (κ1) is 13.2. The van der Waals surface area contributed by atoms with Crippen LogP contribution in [0.1, 0.15) is 11.3 Å². The van der Waals surface area contributed by atoms with Gasteiger partial charge in [0.2, 0.25) is 5.78 Å². The second-order valence-corrected chi connectivity index (χ2v) is 3.47. The summed E-state index contributed by atoms with van der Waals surface area (Å²) in [4.78, 5) is 10.7. The molecule has 5 heteroatoms. The van der Waals surface area contributed by atoms with Crippen LogP contribution in [0.2, 0.25) is 0 Å². The van der Waals surface area contributed by atoms with Gasteiger partial charge in [0.05, 0.1) is 0 Å². The van der Waals surface area contributed by atoms with Gasteiger partial charge in [-0.25, -0.2) is 0 Å². The molecule has 2 atom stereocenters. The van der Waals surface area contributed by atoms with Crippen molar-refractivity contribution in [3.05, 3.63) is 35.9 Å². The summed E-state index contributed by atoms with van der Waals surface area (Å²) in [5, 5.41) is 2.72. The molecular weight excluding hydrogens is 196 g/mol. The van der Waals surface area contributed by atoms with Crippen LogP contribution in [-0.2, 0) is 4.57 Å². The standard InChI is InChI=1S/C8H10NO2P.Na/c1-9-8(12(10)11)7-5-3-2-4-6-7;/h2-6,8-9H,1H3;/q;+1. The van der Waals surface area contributed by atoms with Gasteiger partial charge in [-0.1, -0.05) is 34.9 Å². The summed E-state index contributed by atoms with van der Waals surface area (Å²) in [5.74, 6) is -0.568. The molecule has 0 bridgehead atoms. The van der Waals surface area contributed by atoms with Gasteiger partial charge in [0.1, 0.15) is 0 Å². The summed E-state index contributed by atoms with van der Waals surface area (Å²) in [6.07, 6.45) is 0. The van der Waals surface area contributed by atoms with E-state index in [1.54, 1.807) is 19.2 Å². The van der Waals surface area contributed by atoms with Gasteiger partial charge in [-0.15, -0.1) is 0 Å². The molecule has 0 heterocycles. The van der Waals surface area contributed by atoms with E-state index >= 15 is 0 Å². The Morgan fingerprint density at radius 1 is 1.38 bits per heavy atom. The van der Waals surface area contributed by atoms with Crippen LogP contribution >= 0.6 is 8.03 Å². The Kier molecular flexibility index (Phi) is 6.78. The molecule has 64 valence electrons. The molecule has 0 aliphatic carbocycles. The van der Waals surface area contributed by atoms with Crippen LogP contribution in [0, 0.1) is 0 Å². The number of nitrogens with one attached hydrogen (secondary N) is 1. The molecule has 0 saturated carbocycles. The summed E-state index contributed by atoms with van der Waals surface area (Å²) >= 11 is 0. The summed E-state index contributed by atoms with van der Waals surface area (Å²) in [6.45, 7) is 0. The number of rotatable bonds is 3. The molecule has 0 aliphatic heterocycles. The fraction of sp³-hybridized carbons (Fsp3) is 0.250. The van der Waals surface area contributed by atoms with Crippen LogP contribution in [0.3, 0.4) is 0 Å². The number of hydrogen-bond donors (Lipinski definition) is 1. The molecule has 1 N–H and O–H groups in total. The number of hydrogen-bond acceptors (Lipinski definition) is 3. The maximum absolute atomic E-state index is 10.7. The molecule has 13 heavy (non-hydrogen) atoms. The fourth-order valence-electron chi connectivity index (χ4n) is 1.03. The maximum atomic E-state index is 10.7. The van der Waals surface area contributed by atoms with Crippen molar-refractivity contribution in [2.24, 2.45) is 0 Å². The average Bonchev–Trinajstić information content (AvgIpc) is 2.07. The summed E-state index contributed by atoms with van der Waals surface area (Å²) in [7, 11) is -0.824. The van der Waals surface area contributed by atoms with E-state index in [1.807, 2.05) is 18.2 Å². The summed E-state index contributed by atoms with van der Waals surface area (Å²) < 4.78 is 10.7. The zero-order chi connectivity index (χ0) is 8.97. The van der Waals surface area contributed by atoms with Gasteiger partial charge >= 0.3 is 37.6 Å². The first-order valence-electron chi connectivity index (χ1n) is 3.61. The number of benzene rings is 1. The third kappa shape index (κ3) is 3.86. The predicted octanol–water partition coefficient (Wildman–Crippen LogP) is -1.99. The van der Waals surface area contributed by atoms with E-state index in [4.69, 9.17) is 0 Å². The van der Waals surface area contributed by atoms with Gasteiger partial charge < -0.3 is 4.89 Å². The minimum Gasteiger partial charge on any atom is -0.594 e. The molecule has 1 rings (SSSR count). The Labute approximate surface area is 101 Å². The van der Waals surface area contributed by atoms with Gasteiger partial charge in [0.25, 0.3) is 0 Å². The van der Waals surface area contributed by atoms with Crippen molar-refractivity contribution in [1.29, 1.82) is 0 Å². The second-order valence-electron chi connectivity index (χ2n) is 2.39. The van der Waals surface area contributed by atoms with E-state index in [0.717, 1.165) is 5.56 Å². The van der Waals surface area contributed by atoms with Crippen molar-refractivity contribution in [1.82, 2.24) is 5.32 Å². The summed E-state index contributed by atoms with van der Waals surface area (Å²) in [6, 6.07) is 9.06. The zero-order valence-corrected chi connectivity index (χ0v) is 10.6. The molecule has 1 aromatic rings. The van der Waals surface area contributed by atoms with Gasteiger partial charge in [0, 0.05) is 5.56 Å². The largest absolute Gasteiger partial charge is 1.00 e. The Balaban J connectivity index is 0.00000144. The molecule has 0 saturated heterocycles. The molecule has 3 nitrogen and oxygen atoms in total. The van der Waals surface area contributed by atoms with Gasteiger partial charge in [-0.3, -0.25) is 5.32 Å². The molecule has 0 aromatic heterocycles.